The van der Waals surface area contributed by atoms with Crippen molar-refractivity contribution in [1.82, 2.24) is 0 Å². The fraction of sp³-hybridized carbons (Fsp3) is 0.300. The first kappa shape index (κ1) is 9.84. The minimum absolute atomic E-state index is 0.293. The second kappa shape index (κ2) is 4.70. The maximum absolute atomic E-state index is 11.0. The van der Waals surface area contributed by atoms with Crippen molar-refractivity contribution in [1.29, 1.82) is 0 Å². The van der Waals surface area contributed by atoms with Crippen molar-refractivity contribution in [3.05, 3.63) is 35.9 Å². The third-order valence-electron chi connectivity index (χ3n) is 1.60. The maximum Gasteiger partial charge on any atom is 0.300 e. The highest BCUT2D eigenvalue weighted by molar-refractivity contribution is 6.22. The van der Waals surface area contributed by atoms with Gasteiger partial charge in [-0.2, -0.15) is 0 Å². The summed E-state index contributed by atoms with van der Waals surface area (Å²) in [6, 6.07) is 9.50. The number of carbonyl (C=O) groups is 1. The van der Waals surface area contributed by atoms with Crippen LogP contribution >= 0.6 is 0 Å². The Morgan fingerprint density at radius 2 is 2.08 bits per heavy atom. The predicted octanol–water partition coefficient (Wildman–Crippen LogP) is 1.71. The molecule has 0 saturated heterocycles. The van der Waals surface area contributed by atoms with Gasteiger partial charge >= 0.3 is 0 Å². The van der Waals surface area contributed by atoms with Crippen molar-refractivity contribution in [3.8, 4) is 0 Å². The highest BCUT2D eigenvalue weighted by Crippen LogP contribution is 2.04. The van der Waals surface area contributed by atoms with Crippen LogP contribution in [0.5, 0.6) is 0 Å². The quantitative estimate of drug-likeness (QED) is 0.514. The molecule has 0 saturated carbocycles. The molecule has 1 unspecified atom stereocenters. The van der Waals surface area contributed by atoms with E-state index in [0.29, 0.717) is 6.61 Å². The van der Waals surface area contributed by atoms with Crippen LogP contribution in [0.2, 0.25) is 5.82 Å². The number of esters is 1. The van der Waals surface area contributed by atoms with E-state index in [1.165, 1.54) is 0 Å². The van der Waals surface area contributed by atoms with Gasteiger partial charge in [-0.1, -0.05) is 37.3 Å². The van der Waals surface area contributed by atoms with E-state index in [2.05, 4.69) is 0 Å². The van der Waals surface area contributed by atoms with Crippen molar-refractivity contribution < 1.29 is 9.53 Å². The van der Waals surface area contributed by atoms with Gasteiger partial charge in [0, 0.05) is 5.82 Å². The Kier molecular flexibility index (Phi) is 3.56. The molecule has 1 atom stereocenters. The zero-order valence-electron chi connectivity index (χ0n) is 7.57. The zero-order valence-corrected chi connectivity index (χ0v) is 7.57. The molecule has 0 spiro atoms. The smallest absolute Gasteiger partial charge is 0.300 e. The Morgan fingerprint density at radius 3 is 2.62 bits per heavy atom. The van der Waals surface area contributed by atoms with Gasteiger partial charge in [0.15, 0.2) is 0 Å². The summed E-state index contributed by atoms with van der Waals surface area (Å²) in [6.45, 7) is 1.90. The van der Waals surface area contributed by atoms with Gasteiger partial charge < -0.3 is 4.74 Å². The van der Waals surface area contributed by atoms with Gasteiger partial charge in [-0.3, -0.25) is 4.79 Å². The molecule has 1 rings (SSSR count). The number of ether oxygens (including phenoxy) is 1. The lowest BCUT2D eigenvalue weighted by Gasteiger charge is -2.06. The Morgan fingerprint density at radius 1 is 1.46 bits per heavy atom. The Balaban J connectivity index is 2.40. The molecule has 1 aromatic rings. The molecular weight excluding hydrogens is 163 g/mol. The number of hydrogen-bond donors (Lipinski definition) is 0. The van der Waals surface area contributed by atoms with Gasteiger partial charge in [0.1, 0.15) is 6.61 Å². The van der Waals surface area contributed by atoms with Crippen LogP contribution < -0.4 is 0 Å². The molecular formula is C10H11BO2. The Bertz CT molecular complexity index is 270. The van der Waals surface area contributed by atoms with Gasteiger partial charge in [-0.15, -0.1) is 0 Å². The van der Waals surface area contributed by atoms with E-state index in [1.54, 1.807) is 6.92 Å². The average molecular weight is 174 g/mol. The topological polar surface area (TPSA) is 26.3 Å². The summed E-state index contributed by atoms with van der Waals surface area (Å²) in [5.74, 6) is -0.924. The molecule has 13 heavy (non-hydrogen) atoms. The Labute approximate surface area is 79.3 Å². The van der Waals surface area contributed by atoms with Crippen molar-refractivity contribution in [2.24, 2.45) is 0 Å². The van der Waals surface area contributed by atoms with Crippen LogP contribution in [0, 0.1) is 0 Å². The highest BCUT2D eigenvalue weighted by atomic mass is 16.5. The Hall–Kier alpha value is -1.25. The normalized spacial score (nSPS) is 12.1. The zero-order chi connectivity index (χ0) is 9.68. The lowest BCUT2D eigenvalue weighted by Crippen LogP contribution is -2.09. The number of benzene rings is 1. The van der Waals surface area contributed by atoms with Crippen LogP contribution in [0.3, 0.4) is 0 Å². The molecule has 0 bridgehead atoms. The first-order valence-corrected chi connectivity index (χ1v) is 4.16. The standard InChI is InChI=1S/C10H11BO2/c1-8(11)10(12)13-7-9-5-3-2-4-6-9/h2-6,8H,7H2,1H3. The number of rotatable bonds is 3. The first-order chi connectivity index (χ1) is 6.20. The minimum atomic E-state index is -0.552. The second-order valence-electron chi connectivity index (χ2n) is 2.88. The van der Waals surface area contributed by atoms with E-state index in [1.807, 2.05) is 30.3 Å². The maximum atomic E-state index is 11.0. The van der Waals surface area contributed by atoms with Gasteiger partial charge in [-0.25, -0.2) is 0 Å². The van der Waals surface area contributed by atoms with Crippen LogP contribution in [0.25, 0.3) is 0 Å². The fourth-order valence-corrected chi connectivity index (χ4v) is 0.860. The van der Waals surface area contributed by atoms with Crippen LogP contribution in [-0.2, 0) is 16.1 Å². The van der Waals surface area contributed by atoms with Crippen molar-refractivity contribution in [2.45, 2.75) is 19.3 Å². The molecule has 2 nitrogen and oxygen atoms in total. The molecule has 1 aromatic carbocycles. The van der Waals surface area contributed by atoms with E-state index in [9.17, 15) is 4.79 Å². The SMILES string of the molecule is [B]C(C)C(=O)OCc1ccccc1. The summed E-state index contributed by atoms with van der Waals surface area (Å²) >= 11 is 0. The van der Waals surface area contributed by atoms with E-state index in [0.717, 1.165) is 5.56 Å². The van der Waals surface area contributed by atoms with Gasteiger partial charge in [0.2, 0.25) is 0 Å². The molecule has 0 aromatic heterocycles. The summed E-state index contributed by atoms with van der Waals surface area (Å²) < 4.78 is 4.93. The summed E-state index contributed by atoms with van der Waals surface area (Å²) in [5.41, 5.74) is 0.969. The largest absolute Gasteiger partial charge is 0.461 e. The van der Waals surface area contributed by atoms with Crippen LogP contribution in [0.4, 0.5) is 0 Å². The molecule has 0 aliphatic carbocycles. The summed E-state index contributed by atoms with van der Waals surface area (Å²) in [6.07, 6.45) is 0. The van der Waals surface area contributed by atoms with Crippen molar-refractivity contribution in [3.63, 3.8) is 0 Å². The van der Waals surface area contributed by atoms with Crippen LogP contribution in [0.15, 0.2) is 30.3 Å². The third kappa shape index (κ3) is 3.32. The van der Waals surface area contributed by atoms with E-state index in [-0.39, 0.29) is 5.97 Å². The summed E-state index contributed by atoms with van der Waals surface area (Å²) in [7, 11) is 5.33. The number of carbonyl (C=O) groups excluding carboxylic acids is 1. The van der Waals surface area contributed by atoms with E-state index < -0.39 is 5.82 Å². The van der Waals surface area contributed by atoms with Crippen LogP contribution in [0.1, 0.15) is 12.5 Å². The predicted molar refractivity (Wildman–Crippen MR) is 51.4 cm³/mol. The molecule has 0 aliphatic rings. The van der Waals surface area contributed by atoms with Crippen molar-refractivity contribution in [2.75, 3.05) is 0 Å². The molecule has 0 heterocycles. The van der Waals surface area contributed by atoms with Crippen LogP contribution in [-0.4, -0.2) is 13.8 Å². The highest BCUT2D eigenvalue weighted by Gasteiger charge is 2.06. The molecule has 0 aliphatic heterocycles. The summed E-state index contributed by atoms with van der Waals surface area (Å²) in [4.78, 5) is 11.0. The summed E-state index contributed by atoms with van der Waals surface area (Å²) in [5, 5.41) is 0. The fourth-order valence-electron chi connectivity index (χ4n) is 0.860. The first-order valence-electron chi connectivity index (χ1n) is 4.16. The molecule has 0 amide bonds. The molecule has 0 N–H and O–H groups in total. The lowest BCUT2D eigenvalue weighted by atomic mass is 9.90. The van der Waals surface area contributed by atoms with Gasteiger partial charge in [0.25, 0.3) is 5.97 Å². The van der Waals surface area contributed by atoms with E-state index in [4.69, 9.17) is 12.6 Å². The second-order valence-corrected chi connectivity index (χ2v) is 2.88. The molecule has 3 heteroatoms. The molecule has 2 radical (unpaired) electrons. The molecule has 0 fully saturated rings. The van der Waals surface area contributed by atoms with Gasteiger partial charge in [-0.05, 0) is 5.56 Å². The third-order valence-corrected chi connectivity index (χ3v) is 1.60. The lowest BCUT2D eigenvalue weighted by molar-refractivity contribution is -0.144. The van der Waals surface area contributed by atoms with Gasteiger partial charge in [0.05, 0.1) is 7.85 Å². The van der Waals surface area contributed by atoms with E-state index >= 15 is 0 Å². The monoisotopic (exact) mass is 174 g/mol. The minimum Gasteiger partial charge on any atom is -0.461 e. The average Bonchev–Trinajstić information content (AvgIpc) is 2.15. The molecule has 66 valence electrons. The van der Waals surface area contributed by atoms with Crippen molar-refractivity contribution >= 4 is 13.8 Å². The number of hydrogen-bond acceptors (Lipinski definition) is 2.